The lowest BCUT2D eigenvalue weighted by Gasteiger charge is -2.12. The van der Waals surface area contributed by atoms with Gasteiger partial charge in [0.1, 0.15) is 15.6 Å². The molecule has 1 unspecified atom stereocenters. The predicted molar refractivity (Wildman–Crippen MR) is 92.3 cm³/mol. The number of amides is 1. The van der Waals surface area contributed by atoms with E-state index in [1.54, 1.807) is 26.0 Å². The normalized spacial score (nSPS) is 11.8. The van der Waals surface area contributed by atoms with Crippen LogP contribution < -0.4 is 10.1 Å². The Morgan fingerprint density at radius 3 is 2.71 bits per heavy atom. The van der Waals surface area contributed by atoms with Gasteiger partial charge >= 0.3 is 5.97 Å². The van der Waals surface area contributed by atoms with E-state index in [-0.39, 0.29) is 17.4 Å². The molecule has 1 aromatic carbocycles. The van der Waals surface area contributed by atoms with E-state index in [1.807, 2.05) is 0 Å². The van der Waals surface area contributed by atoms with Crippen molar-refractivity contribution in [2.75, 3.05) is 6.61 Å². The summed E-state index contributed by atoms with van der Waals surface area (Å²) in [4.78, 5) is 27.3. The molecule has 9 heteroatoms. The number of ether oxygens (including phenoxy) is 1. The van der Waals surface area contributed by atoms with Crippen LogP contribution in [0.4, 0.5) is 0 Å². The Morgan fingerprint density at radius 1 is 1.42 bits per heavy atom. The summed E-state index contributed by atoms with van der Waals surface area (Å²) >= 11 is 12.8. The molecule has 2 rings (SSSR count). The lowest BCUT2D eigenvalue weighted by atomic mass is 10.3. The van der Waals surface area contributed by atoms with E-state index in [9.17, 15) is 9.59 Å². The number of thiazole rings is 1. The fourth-order valence-electron chi connectivity index (χ4n) is 1.88. The van der Waals surface area contributed by atoms with E-state index in [0.717, 1.165) is 11.3 Å². The van der Waals surface area contributed by atoms with Gasteiger partial charge in [0.2, 0.25) is 0 Å². The number of benzene rings is 1. The summed E-state index contributed by atoms with van der Waals surface area (Å²) < 4.78 is 5.34. The molecule has 1 atom stereocenters. The average molecular weight is 389 g/mol. The van der Waals surface area contributed by atoms with Gasteiger partial charge in [-0.05, 0) is 32.0 Å². The summed E-state index contributed by atoms with van der Waals surface area (Å²) in [7, 11) is 0. The minimum absolute atomic E-state index is 0.162. The van der Waals surface area contributed by atoms with Crippen LogP contribution >= 0.6 is 34.5 Å². The fourth-order valence-corrected chi connectivity index (χ4v) is 3.25. The van der Waals surface area contributed by atoms with Gasteiger partial charge in [0.15, 0.2) is 6.61 Å². The van der Waals surface area contributed by atoms with Crippen LogP contribution in [0.25, 0.3) is 0 Å². The third-order valence-corrected chi connectivity index (χ3v) is 4.87. The lowest BCUT2D eigenvalue weighted by molar-refractivity contribution is -0.123. The minimum Gasteiger partial charge on any atom is -0.482 e. The first-order chi connectivity index (χ1) is 11.3. The molecule has 1 amide bonds. The lowest BCUT2D eigenvalue weighted by Crippen LogP contribution is -2.31. The van der Waals surface area contributed by atoms with Gasteiger partial charge in [-0.25, -0.2) is 9.78 Å². The fraction of sp³-hybridized carbons (Fsp3) is 0.267. The Morgan fingerprint density at radius 2 is 2.12 bits per heavy atom. The van der Waals surface area contributed by atoms with Gasteiger partial charge in [-0.1, -0.05) is 23.2 Å². The summed E-state index contributed by atoms with van der Waals surface area (Å²) in [6.45, 7) is 3.10. The van der Waals surface area contributed by atoms with E-state index in [0.29, 0.717) is 26.5 Å². The topological polar surface area (TPSA) is 88.5 Å². The van der Waals surface area contributed by atoms with Crippen LogP contribution in [-0.4, -0.2) is 28.6 Å². The van der Waals surface area contributed by atoms with Crippen molar-refractivity contribution in [3.05, 3.63) is 43.8 Å². The standard InChI is InChI=1S/C15H14Cl2N2O4S/c1-7-13(15(21)22)24-14(19-7)8(2)18-12(20)6-23-11-4-3-9(16)5-10(11)17/h3-5,8H,6H2,1-2H3,(H,18,20)(H,21,22). The van der Waals surface area contributed by atoms with Crippen LogP contribution in [-0.2, 0) is 4.79 Å². The average Bonchev–Trinajstić information content (AvgIpc) is 2.88. The Kier molecular flexibility index (Phi) is 6.04. The molecule has 24 heavy (non-hydrogen) atoms. The van der Waals surface area contributed by atoms with Crippen molar-refractivity contribution in [1.82, 2.24) is 10.3 Å². The molecular weight excluding hydrogens is 375 g/mol. The molecule has 0 saturated carbocycles. The molecule has 0 saturated heterocycles. The molecule has 0 aliphatic carbocycles. The first-order valence-corrected chi connectivity index (χ1v) is 8.43. The number of carbonyl (C=O) groups excluding carboxylic acids is 1. The number of hydrogen-bond donors (Lipinski definition) is 2. The molecule has 0 fully saturated rings. The van der Waals surface area contributed by atoms with Crippen LogP contribution in [0.15, 0.2) is 18.2 Å². The molecule has 0 aliphatic rings. The molecule has 2 aromatic rings. The molecule has 128 valence electrons. The Balaban J connectivity index is 1.94. The van der Waals surface area contributed by atoms with E-state index in [4.69, 9.17) is 33.0 Å². The number of aryl methyl sites for hydroxylation is 1. The number of aromatic nitrogens is 1. The van der Waals surface area contributed by atoms with Gasteiger partial charge in [0.25, 0.3) is 5.91 Å². The van der Waals surface area contributed by atoms with Gasteiger partial charge in [-0.2, -0.15) is 0 Å². The van der Waals surface area contributed by atoms with Gasteiger partial charge in [0, 0.05) is 5.02 Å². The minimum atomic E-state index is -1.03. The summed E-state index contributed by atoms with van der Waals surface area (Å²) in [6.07, 6.45) is 0. The molecule has 0 spiro atoms. The van der Waals surface area contributed by atoms with Crippen molar-refractivity contribution in [2.24, 2.45) is 0 Å². The van der Waals surface area contributed by atoms with Crippen molar-refractivity contribution in [3.63, 3.8) is 0 Å². The van der Waals surface area contributed by atoms with E-state index < -0.39 is 12.0 Å². The molecule has 0 radical (unpaired) electrons. The van der Waals surface area contributed by atoms with E-state index in [2.05, 4.69) is 10.3 Å². The van der Waals surface area contributed by atoms with Crippen molar-refractivity contribution in [1.29, 1.82) is 0 Å². The highest BCUT2D eigenvalue weighted by molar-refractivity contribution is 7.13. The molecule has 6 nitrogen and oxygen atoms in total. The van der Waals surface area contributed by atoms with Gasteiger partial charge in [-0.3, -0.25) is 4.79 Å². The highest BCUT2D eigenvalue weighted by atomic mass is 35.5. The largest absolute Gasteiger partial charge is 0.482 e. The van der Waals surface area contributed by atoms with Gasteiger partial charge in [0.05, 0.1) is 16.8 Å². The first kappa shape index (κ1) is 18.5. The summed E-state index contributed by atoms with van der Waals surface area (Å²) in [6, 6.07) is 4.27. The summed E-state index contributed by atoms with van der Waals surface area (Å²) in [5.41, 5.74) is 0.424. The maximum absolute atomic E-state index is 12.0. The van der Waals surface area contributed by atoms with E-state index in [1.165, 1.54) is 6.07 Å². The highest BCUT2D eigenvalue weighted by Crippen LogP contribution is 2.27. The third kappa shape index (κ3) is 4.59. The summed E-state index contributed by atoms with van der Waals surface area (Å²) in [5, 5.41) is 13.0. The second-order valence-corrected chi connectivity index (χ2v) is 6.80. The van der Waals surface area contributed by atoms with Crippen molar-refractivity contribution in [3.8, 4) is 5.75 Å². The van der Waals surface area contributed by atoms with Crippen molar-refractivity contribution < 1.29 is 19.4 Å². The highest BCUT2D eigenvalue weighted by Gasteiger charge is 2.19. The van der Waals surface area contributed by atoms with Crippen LogP contribution in [0.3, 0.4) is 0 Å². The number of halogens is 2. The summed E-state index contributed by atoms with van der Waals surface area (Å²) in [5.74, 6) is -1.06. The zero-order chi connectivity index (χ0) is 17.9. The van der Waals surface area contributed by atoms with Crippen LogP contribution in [0.5, 0.6) is 5.75 Å². The number of aromatic carboxylic acids is 1. The number of carboxylic acids is 1. The Hall–Kier alpha value is -1.83. The monoisotopic (exact) mass is 388 g/mol. The third-order valence-electron chi connectivity index (χ3n) is 3.01. The molecule has 0 aliphatic heterocycles. The second kappa shape index (κ2) is 7.83. The van der Waals surface area contributed by atoms with Crippen molar-refractivity contribution in [2.45, 2.75) is 19.9 Å². The predicted octanol–water partition coefficient (Wildman–Crippen LogP) is 3.71. The van der Waals surface area contributed by atoms with Gasteiger partial charge in [-0.15, -0.1) is 11.3 Å². The number of carbonyl (C=O) groups is 2. The van der Waals surface area contributed by atoms with Gasteiger partial charge < -0.3 is 15.2 Å². The number of rotatable bonds is 6. The Labute approximate surface area is 152 Å². The van der Waals surface area contributed by atoms with E-state index >= 15 is 0 Å². The molecular formula is C15H14Cl2N2O4S. The smallest absolute Gasteiger partial charge is 0.347 e. The van der Waals surface area contributed by atoms with Crippen LogP contribution in [0.2, 0.25) is 10.0 Å². The number of nitrogens with zero attached hydrogens (tertiary/aromatic N) is 1. The molecule has 2 N–H and O–H groups in total. The first-order valence-electron chi connectivity index (χ1n) is 6.85. The SMILES string of the molecule is Cc1nc(C(C)NC(=O)COc2ccc(Cl)cc2Cl)sc1C(=O)O. The maximum Gasteiger partial charge on any atom is 0.347 e. The second-order valence-electron chi connectivity index (χ2n) is 4.92. The van der Waals surface area contributed by atoms with Crippen LogP contribution in [0.1, 0.15) is 33.3 Å². The molecule has 1 heterocycles. The quantitative estimate of drug-likeness (QED) is 0.786. The number of hydrogen-bond acceptors (Lipinski definition) is 5. The number of nitrogens with one attached hydrogen (secondary N) is 1. The molecule has 0 bridgehead atoms. The zero-order valence-electron chi connectivity index (χ0n) is 12.8. The van der Waals surface area contributed by atoms with Crippen molar-refractivity contribution >= 4 is 46.4 Å². The molecule has 1 aromatic heterocycles. The Bertz CT molecular complexity index is 779. The van der Waals surface area contributed by atoms with Crippen LogP contribution in [0, 0.1) is 6.92 Å². The number of carboxylic acid groups (broad SMARTS) is 1. The zero-order valence-corrected chi connectivity index (χ0v) is 15.1. The maximum atomic E-state index is 12.0.